The summed E-state index contributed by atoms with van der Waals surface area (Å²) in [6, 6.07) is 6.26. The van der Waals surface area contributed by atoms with Gasteiger partial charge in [0.05, 0.1) is 17.4 Å². The van der Waals surface area contributed by atoms with Crippen LogP contribution in [0.2, 0.25) is 0 Å². The highest BCUT2D eigenvalue weighted by molar-refractivity contribution is 7.89. The van der Waals surface area contributed by atoms with Crippen LogP contribution in [0.1, 0.15) is 13.3 Å². The largest absolute Gasteiger partial charge is 0.289 e. The van der Waals surface area contributed by atoms with Crippen LogP contribution in [0.3, 0.4) is 0 Å². The first-order valence-corrected chi connectivity index (χ1v) is 6.49. The molecule has 96 valence electrons. The molecule has 0 saturated carbocycles. The van der Waals surface area contributed by atoms with Gasteiger partial charge in [-0.1, -0.05) is 12.1 Å². The molecule has 8 heteroatoms. The zero-order chi connectivity index (χ0) is 13.8. The van der Waals surface area contributed by atoms with Gasteiger partial charge in [0, 0.05) is 12.1 Å². The van der Waals surface area contributed by atoms with Gasteiger partial charge in [0.15, 0.2) is 4.90 Å². The van der Waals surface area contributed by atoms with Crippen molar-refractivity contribution < 1.29 is 13.3 Å². The lowest BCUT2D eigenvalue weighted by molar-refractivity contribution is -0.387. The van der Waals surface area contributed by atoms with Crippen LogP contribution >= 0.6 is 0 Å². The molecule has 0 aliphatic heterocycles. The minimum absolute atomic E-state index is 0.0140. The molecule has 18 heavy (non-hydrogen) atoms. The first-order chi connectivity index (χ1) is 8.38. The van der Waals surface area contributed by atoms with E-state index in [4.69, 9.17) is 5.26 Å². The van der Waals surface area contributed by atoms with E-state index in [1.807, 2.05) is 6.07 Å². The van der Waals surface area contributed by atoms with Gasteiger partial charge in [0.25, 0.3) is 5.69 Å². The number of hydrogen-bond acceptors (Lipinski definition) is 5. The van der Waals surface area contributed by atoms with E-state index >= 15 is 0 Å². The number of hydrogen-bond donors (Lipinski definition) is 1. The molecule has 1 atom stereocenters. The summed E-state index contributed by atoms with van der Waals surface area (Å²) in [5.74, 6) is 0. The monoisotopic (exact) mass is 269 g/mol. The molecule has 1 aromatic rings. The van der Waals surface area contributed by atoms with Crippen LogP contribution in [0.4, 0.5) is 5.69 Å². The predicted octanol–water partition coefficient (Wildman–Crippen LogP) is 1.18. The summed E-state index contributed by atoms with van der Waals surface area (Å²) < 4.78 is 26.0. The van der Waals surface area contributed by atoms with Gasteiger partial charge in [0.1, 0.15) is 0 Å². The molecule has 0 aliphatic rings. The fourth-order valence-electron chi connectivity index (χ4n) is 1.34. The number of rotatable bonds is 5. The van der Waals surface area contributed by atoms with Crippen molar-refractivity contribution in [3.05, 3.63) is 34.4 Å². The van der Waals surface area contributed by atoms with E-state index in [2.05, 4.69) is 4.72 Å². The maximum Gasteiger partial charge on any atom is 0.289 e. The van der Waals surface area contributed by atoms with Crippen molar-refractivity contribution in [1.29, 1.82) is 5.26 Å². The van der Waals surface area contributed by atoms with Crippen LogP contribution in [0.25, 0.3) is 0 Å². The maximum absolute atomic E-state index is 11.9. The van der Waals surface area contributed by atoms with E-state index in [-0.39, 0.29) is 6.42 Å². The zero-order valence-corrected chi connectivity index (χ0v) is 10.3. The third kappa shape index (κ3) is 3.26. The molecule has 0 saturated heterocycles. The standard InChI is InChI=1S/C10H11N3O4S/c1-8(6-7-11)12-18(16,17)10-5-3-2-4-9(10)13(14)15/h2-5,8,12H,6H2,1H3. The molecule has 0 bridgehead atoms. The van der Waals surface area contributed by atoms with Crippen molar-refractivity contribution in [3.63, 3.8) is 0 Å². The maximum atomic E-state index is 11.9. The normalized spacial score (nSPS) is 12.7. The number of para-hydroxylation sites is 1. The van der Waals surface area contributed by atoms with Crippen LogP contribution in [0, 0.1) is 21.4 Å². The highest BCUT2D eigenvalue weighted by Gasteiger charge is 2.26. The van der Waals surface area contributed by atoms with Gasteiger partial charge >= 0.3 is 0 Å². The molecule has 1 aromatic carbocycles. The number of nitrogens with one attached hydrogen (secondary N) is 1. The first-order valence-electron chi connectivity index (χ1n) is 5.01. The topological polar surface area (TPSA) is 113 Å². The average Bonchev–Trinajstić information content (AvgIpc) is 2.28. The quantitative estimate of drug-likeness (QED) is 0.636. The smallest absolute Gasteiger partial charge is 0.258 e. The summed E-state index contributed by atoms with van der Waals surface area (Å²) in [5.41, 5.74) is -0.492. The highest BCUT2D eigenvalue weighted by atomic mass is 32.2. The second-order valence-corrected chi connectivity index (χ2v) is 5.29. The van der Waals surface area contributed by atoms with Crippen LogP contribution < -0.4 is 4.72 Å². The van der Waals surface area contributed by atoms with Crippen LogP contribution in [-0.4, -0.2) is 19.4 Å². The SMILES string of the molecule is CC(CC#N)NS(=O)(=O)c1ccccc1[N+](=O)[O-]. The lowest BCUT2D eigenvalue weighted by Crippen LogP contribution is -2.32. The Morgan fingerprint density at radius 2 is 2.11 bits per heavy atom. The van der Waals surface area contributed by atoms with Crippen molar-refractivity contribution in [2.45, 2.75) is 24.3 Å². The molecule has 0 aliphatic carbocycles. The Morgan fingerprint density at radius 1 is 1.50 bits per heavy atom. The summed E-state index contributed by atoms with van der Waals surface area (Å²) in [6.45, 7) is 1.51. The van der Waals surface area contributed by atoms with E-state index in [1.54, 1.807) is 0 Å². The molecular formula is C10H11N3O4S. The van der Waals surface area contributed by atoms with Crippen LogP contribution in [0.5, 0.6) is 0 Å². The van der Waals surface area contributed by atoms with Gasteiger partial charge in [-0.05, 0) is 13.0 Å². The van der Waals surface area contributed by atoms with Crippen molar-refractivity contribution >= 4 is 15.7 Å². The molecule has 1 N–H and O–H groups in total. The van der Waals surface area contributed by atoms with Gasteiger partial charge in [0.2, 0.25) is 10.0 Å². The minimum atomic E-state index is -4.00. The van der Waals surface area contributed by atoms with Gasteiger partial charge in [-0.15, -0.1) is 0 Å². The average molecular weight is 269 g/mol. The molecule has 7 nitrogen and oxygen atoms in total. The number of nitro benzene ring substituents is 1. The van der Waals surface area contributed by atoms with Crippen molar-refractivity contribution in [2.24, 2.45) is 0 Å². The highest BCUT2D eigenvalue weighted by Crippen LogP contribution is 2.22. The lowest BCUT2D eigenvalue weighted by Gasteiger charge is -2.11. The number of nitro groups is 1. The van der Waals surface area contributed by atoms with E-state index in [0.717, 1.165) is 12.1 Å². The third-order valence-electron chi connectivity index (χ3n) is 2.11. The third-order valence-corrected chi connectivity index (χ3v) is 3.74. The molecule has 0 spiro atoms. The summed E-state index contributed by atoms with van der Waals surface area (Å²) in [5, 5.41) is 19.2. The summed E-state index contributed by atoms with van der Waals surface area (Å²) in [4.78, 5) is 9.58. The molecule has 1 unspecified atom stereocenters. The Balaban J connectivity index is 3.14. The van der Waals surface area contributed by atoms with Crippen molar-refractivity contribution in [1.82, 2.24) is 4.72 Å². The van der Waals surface area contributed by atoms with Crippen molar-refractivity contribution in [2.75, 3.05) is 0 Å². The summed E-state index contributed by atoms with van der Waals surface area (Å²) in [7, 11) is -4.00. The molecule has 0 radical (unpaired) electrons. The van der Waals surface area contributed by atoms with Crippen molar-refractivity contribution in [3.8, 4) is 6.07 Å². The molecule has 0 aromatic heterocycles. The van der Waals surface area contributed by atoms with Gasteiger partial charge in [-0.3, -0.25) is 10.1 Å². The minimum Gasteiger partial charge on any atom is -0.258 e. The van der Waals surface area contributed by atoms with Crippen LogP contribution in [0.15, 0.2) is 29.2 Å². The Bertz CT molecular complexity index is 591. The van der Waals surface area contributed by atoms with E-state index in [1.165, 1.54) is 19.1 Å². The predicted molar refractivity (Wildman–Crippen MR) is 63.1 cm³/mol. The summed E-state index contributed by atoms with van der Waals surface area (Å²) >= 11 is 0. The van der Waals surface area contributed by atoms with Gasteiger partial charge in [-0.2, -0.15) is 5.26 Å². The number of nitriles is 1. The van der Waals surface area contributed by atoms with E-state index in [9.17, 15) is 18.5 Å². The summed E-state index contributed by atoms with van der Waals surface area (Å²) in [6.07, 6.45) is -0.0140. The molecule has 0 fully saturated rings. The van der Waals surface area contributed by atoms with Crippen LogP contribution in [-0.2, 0) is 10.0 Å². The Morgan fingerprint density at radius 3 is 2.67 bits per heavy atom. The van der Waals surface area contributed by atoms with E-state index in [0.29, 0.717) is 0 Å². The fraction of sp³-hybridized carbons (Fsp3) is 0.300. The second-order valence-electron chi connectivity index (χ2n) is 3.61. The molecule has 0 amide bonds. The molecular weight excluding hydrogens is 258 g/mol. The van der Waals surface area contributed by atoms with E-state index < -0.39 is 31.6 Å². The van der Waals surface area contributed by atoms with Gasteiger partial charge in [-0.25, -0.2) is 13.1 Å². The Hall–Kier alpha value is -1.98. The number of sulfonamides is 1. The molecule has 1 rings (SSSR count). The number of nitrogens with zero attached hydrogens (tertiary/aromatic N) is 2. The Kier molecular flexibility index (Phi) is 4.36. The lowest BCUT2D eigenvalue weighted by atomic mass is 10.3. The molecule has 0 heterocycles. The Labute approximate surface area is 104 Å². The fourth-order valence-corrected chi connectivity index (χ4v) is 2.76. The van der Waals surface area contributed by atoms with Gasteiger partial charge < -0.3 is 0 Å². The second kappa shape index (κ2) is 5.57. The zero-order valence-electron chi connectivity index (χ0n) is 9.53. The number of benzene rings is 1. The first kappa shape index (κ1) is 14.1.